The minimum absolute atomic E-state index is 0.847. The van der Waals surface area contributed by atoms with Gasteiger partial charge in [-0.15, -0.1) is 0 Å². The lowest BCUT2D eigenvalue weighted by Gasteiger charge is -2.06. The van der Waals surface area contributed by atoms with E-state index in [1.165, 1.54) is 22.3 Å². The van der Waals surface area contributed by atoms with Crippen LogP contribution in [0.5, 0.6) is 0 Å². The number of nitrogen functional groups attached to an aromatic ring is 1. The summed E-state index contributed by atoms with van der Waals surface area (Å²) in [6.45, 7) is 4.30. The number of anilines is 1. The zero-order chi connectivity index (χ0) is 13.0. The predicted octanol–water partition coefficient (Wildman–Crippen LogP) is 4.32. The lowest BCUT2D eigenvalue weighted by atomic mass is 10.1. The Morgan fingerprint density at radius 1 is 0.889 bits per heavy atom. The van der Waals surface area contributed by atoms with E-state index >= 15 is 0 Å². The van der Waals surface area contributed by atoms with Gasteiger partial charge in [-0.05, 0) is 37.1 Å². The number of benzene rings is 2. The lowest BCUT2D eigenvalue weighted by molar-refractivity contribution is 1.29. The van der Waals surface area contributed by atoms with Gasteiger partial charge in [-0.25, -0.2) is 0 Å². The highest BCUT2D eigenvalue weighted by atomic mass is 32.2. The molecule has 0 unspecified atom stereocenters. The first-order valence-electron chi connectivity index (χ1n) is 6.13. The summed E-state index contributed by atoms with van der Waals surface area (Å²) >= 11 is 1.93. The van der Waals surface area contributed by atoms with Crippen LogP contribution in [0.4, 0.5) is 5.69 Å². The molecular weight excluding hydrogens is 238 g/mol. The molecule has 0 aromatic heterocycles. The van der Waals surface area contributed by atoms with Crippen molar-refractivity contribution in [3.8, 4) is 0 Å². The second-order valence-electron chi connectivity index (χ2n) is 4.73. The largest absolute Gasteiger partial charge is 0.399 e. The smallest absolute Gasteiger partial charge is 0.0317 e. The highest BCUT2D eigenvalue weighted by Crippen LogP contribution is 2.20. The average Bonchev–Trinajstić information content (AvgIpc) is 2.27. The number of hydrogen-bond donors (Lipinski definition) is 1. The molecule has 0 saturated carbocycles. The SMILES string of the molecule is Cc1cc(C)cc(CSCc2cccc(N)c2)c1. The normalized spacial score (nSPS) is 10.6. The standard InChI is InChI=1S/C16H19NS/c1-12-6-13(2)8-15(7-12)11-18-10-14-4-3-5-16(17)9-14/h3-9H,10-11,17H2,1-2H3. The van der Waals surface area contributed by atoms with Gasteiger partial charge in [0.1, 0.15) is 0 Å². The van der Waals surface area contributed by atoms with Crippen molar-refractivity contribution >= 4 is 17.4 Å². The summed E-state index contributed by atoms with van der Waals surface area (Å²) in [5, 5.41) is 0. The summed E-state index contributed by atoms with van der Waals surface area (Å²) in [7, 11) is 0. The average molecular weight is 257 g/mol. The molecule has 2 aromatic rings. The van der Waals surface area contributed by atoms with Crippen LogP contribution in [0.3, 0.4) is 0 Å². The molecule has 1 nitrogen and oxygen atoms in total. The monoisotopic (exact) mass is 257 g/mol. The van der Waals surface area contributed by atoms with E-state index in [0.717, 1.165) is 17.2 Å². The highest BCUT2D eigenvalue weighted by molar-refractivity contribution is 7.97. The predicted molar refractivity (Wildman–Crippen MR) is 81.8 cm³/mol. The van der Waals surface area contributed by atoms with Crippen molar-refractivity contribution in [2.75, 3.05) is 5.73 Å². The minimum Gasteiger partial charge on any atom is -0.399 e. The first kappa shape index (κ1) is 13.0. The Morgan fingerprint density at radius 3 is 2.22 bits per heavy atom. The van der Waals surface area contributed by atoms with Crippen LogP contribution in [-0.2, 0) is 11.5 Å². The second-order valence-corrected chi connectivity index (χ2v) is 5.72. The fourth-order valence-corrected chi connectivity index (χ4v) is 3.04. The molecule has 0 spiro atoms. The van der Waals surface area contributed by atoms with Crippen LogP contribution in [0.25, 0.3) is 0 Å². The van der Waals surface area contributed by atoms with Gasteiger partial charge in [0.2, 0.25) is 0 Å². The number of thioether (sulfide) groups is 1. The van der Waals surface area contributed by atoms with Crippen molar-refractivity contribution < 1.29 is 0 Å². The van der Waals surface area contributed by atoms with Crippen LogP contribution in [0.1, 0.15) is 22.3 Å². The molecule has 0 aliphatic rings. The molecule has 94 valence electrons. The molecule has 18 heavy (non-hydrogen) atoms. The molecule has 0 radical (unpaired) electrons. The Hall–Kier alpha value is -1.41. The van der Waals surface area contributed by atoms with Gasteiger partial charge in [-0.2, -0.15) is 11.8 Å². The van der Waals surface area contributed by atoms with Crippen molar-refractivity contribution in [1.82, 2.24) is 0 Å². The van der Waals surface area contributed by atoms with Crippen LogP contribution >= 0.6 is 11.8 Å². The van der Waals surface area contributed by atoms with E-state index in [1.807, 2.05) is 23.9 Å². The molecule has 0 fully saturated rings. The topological polar surface area (TPSA) is 26.0 Å². The third-order valence-corrected chi connectivity index (χ3v) is 3.84. The first-order chi connectivity index (χ1) is 8.63. The number of aryl methyl sites for hydroxylation is 2. The molecule has 2 aromatic carbocycles. The molecule has 0 bridgehead atoms. The molecule has 2 N–H and O–H groups in total. The first-order valence-corrected chi connectivity index (χ1v) is 7.28. The van der Waals surface area contributed by atoms with Gasteiger partial charge >= 0.3 is 0 Å². The molecule has 0 saturated heterocycles. The maximum absolute atomic E-state index is 5.77. The quantitative estimate of drug-likeness (QED) is 0.826. The lowest BCUT2D eigenvalue weighted by Crippen LogP contribution is -1.89. The Morgan fingerprint density at radius 2 is 1.56 bits per heavy atom. The van der Waals surface area contributed by atoms with Crippen molar-refractivity contribution in [2.24, 2.45) is 0 Å². The second kappa shape index (κ2) is 5.96. The highest BCUT2D eigenvalue weighted by Gasteiger charge is 1.98. The molecule has 2 heteroatoms. The molecule has 0 heterocycles. The van der Waals surface area contributed by atoms with Crippen LogP contribution in [0.15, 0.2) is 42.5 Å². The van der Waals surface area contributed by atoms with Crippen molar-refractivity contribution in [3.63, 3.8) is 0 Å². The summed E-state index contributed by atoms with van der Waals surface area (Å²) in [6.07, 6.45) is 0. The van der Waals surface area contributed by atoms with Crippen molar-refractivity contribution in [1.29, 1.82) is 0 Å². The molecule has 2 rings (SSSR count). The number of nitrogens with two attached hydrogens (primary N) is 1. The zero-order valence-corrected chi connectivity index (χ0v) is 11.8. The summed E-state index contributed by atoms with van der Waals surface area (Å²) in [6, 6.07) is 14.9. The Kier molecular flexibility index (Phi) is 4.32. The van der Waals surface area contributed by atoms with Gasteiger partial charge in [0.15, 0.2) is 0 Å². The molecule has 0 amide bonds. The third-order valence-electron chi connectivity index (χ3n) is 2.77. The summed E-state index contributed by atoms with van der Waals surface area (Å²) in [4.78, 5) is 0. The number of hydrogen-bond acceptors (Lipinski definition) is 2. The van der Waals surface area contributed by atoms with Crippen LogP contribution in [-0.4, -0.2) is 0 Å². The molecule has 0 atom stereocenters. The van der Waals surface area contributed by atoms with Crippen LogP contribution in [0, 0.1) is 13.8 Å². The van der Waals surface area contributed by atoms with Gasteiger partial charge in [-0.1, -0.05) is 41.5 Å². The van der Waals surface area contributed by atoms with Gasteiger partial charge < -0.3 is 5.73 Å². The Bertz CT molecular complexity index is 514. The van der Waals surface area contributed by atoms with Gasteiger partial charge in [0.05, 0.1) is 0 Å². The van der Waals surface area contributed by atoms with E-state index in [9.17, 15) is 0 Å². The van der Waals surface area contributed by atoms with E-state index in [4.69, 9.17) is 5.73 Å². The van der Waals surface area contributed by atoms with E-state index in [1.54, 1.807) is 0 Å². The fourth-order valence-electron chi connectivity index (χ4n) is 2.12. The van der Waals surface area contributed by atoms with Gasteiger partial charge in [0.25, 0.3) is 0 Å². The maximum Gasteiger partial charge on any atom is 0.0317 e. The molecule has 0 aliphatic heterocycles. The zero-order valence-electron chi connectivity index (χ0n) is 10.9. The Balaban J connectivity index is 1.92. The van der Waals surface area contributed by atoms with Crippen molar-refractivity contribution in [3.05, 3.63) is 64.7 Å². The van der Waals surface area contributed by atoms with E-state index in [0.29, 0.717) is 0 Å². The minimum atomic E-state index is 0.847. The van der Waals surface area contributed by atoms with Gasteiger partial charge in [0, 0.05) is 17.2 Å². The Labute approximate surface area is 113 Å². The molecular formula is C16H19NS. The third kappa shape index (κ3) is 3.81. The summed E-state index contributed by atoms with van der Waals surface area (Å²) in [5.74, 6) is 2.06. The van der Waals surface area contributed by atoms with E-state index in [2.05, 4.69) is 44.2 Å². The van der Waals surface area contributed by atoms with E-state index in [-0.39, 0.29) is 0 Å². The van der Waals surface area contributed by atoms with Crippen molar-refractivity contribution in [2.45, 2.75) is 25.4 Å². The maximum atomic E-state index is 5.77. The van der Waals surface area contributed by atoms with Gasteiger partial charge in [-0.3, -0.25) is 0 Å². The van der Waals surface area contributed by atoms with Crippen LogP contribution < -0.4 is 5.73 Å². The number of rotatable bonds is 4. The van der Waals surface area contributed by atoms with Crippen LogP contribution in [0.2, 0.25) is 0 Å². The fraction of sp³-hybridized carbons (Fsp3) is 0.250. The molecule has 0 aliphatic carbocycles. The van der Waals surface area contributed by atoms with E-state index < -0.39 is 0 Å². The summed E-state index contributed by atoms with van der Waals surface area (Å²) in [5.41, 5.74) is 12.0. The summed E-state index contributed by atoms with van der Waals surface area (Å²) < 4.78 is 0.